The zero-order valence-electron chi connectivity index (χ0n) is 10.8. The average Bonchev–Trinajstić information content (AvgIpc) is 2.88. The maximum Gasteiger partial charge on any atom is 0.164 e. The van der Waals surface area contributed by atoms with Crippen LogP contribution in [0.4, 0.5) is 5.82 Å². The molecular weight excluding hydrogens is 256 g/mol. The molecule has 0 spiro atoms. The van der Waals surface area contributed by atoms with Gasteiger partial charge in [-0.3, -0.25) is 4.98 Å². The number of anilines is 1. The summed E-state index contributed by atoms with van der Waals surface area (Å²) in [6, 6.07) is 4.03. The molecule has 0 fully saturated rings. The van der Waals surface area contributed by atoms with Crippen LogP contribution in [0.3, 0.4) is 0 Å². The van der Waals surface area contributed by atoms with Crippen LogP contribution in [-0.2, 0) is 0 Å². The van der Waals surface area contributed by atoms with Gasteiger partial charge in [-0.2, -0.15) is 0 Å². The van der Waals surface area contributed by atoms with Crippen LogP contribution < -0.4 is 5.32 Å². The fourth-order valence-electron chi connectivity index (χ4n) is 1.98. The molecule has 0 saturated carbocycles. The Balaban J connectivity index is 2.22. The maximum atomic E-state index is 4.64. The lowest BCUT2D eigenvalue weighted by Gasteiger charge is -2.08. The molecule has 0 aliphatic carbocycles. The van der Waals surface area contributed by atoms with Crippen LogP contribution in [0, 0.1) is 6.92 Å². The first kappa shape index (κ1) is 12.0. The minimum Gasteiger partial charge on any atom is -0.370 e. The third-order valence-electron chi connectivity index (χ3n) is 2.95. The molecule has 19 heavy (non-hydrogen) atoms. The molecule has 0 saturated heterocycles. The minimum absolute atomic E-state index is 0.733. The van der Waals surface area contributed by atoms with Crippen molar-refractivity contribution in [1.29, 1.82) is 0 Å². The first-order valence-corrected chi connectivity index (χ1v) is 7.07. The molecule has 5 heteroatoms. The Morgan fingerprint density at radius 1 is 1.26 bits per heavy atom. The van der Waals surface area contributed by atoms with E-state index < -0.39 is 0 Å². The van der Waals surface area contributed by atoms with Gasteiger partial charge in [0, 0.05) is 24.5 Å². The lowest BCUT2D eigenvalue weighted by atomic mass is 10.1. The lowest BCUT2D eigenvalue weighted by Crippen LogP contribution is -2.02. The van der Waals surface area contributed by atoms with Gasteiger partial charge in [-0.15, -0.1) is 11.3 Å². The summed E-state index contributed by atoms with van der Waals surface area (Å²) in [7, 11) is 0. The molecule has 0 aromatic carbocycles. The molecule has 0 unspecified atom stereocenters. The second kappa shape index (κ2) is 4.93. The van der Waals surface area contributed by atoms with Crippen molar-refractivity contribution < 1.29 is 0 Å². The first-order valence-electron chi connectivity index (χ1n) is 6.19. The van der Waals surface area contributed by atoms with Gasteiger partial charge < -0.3 is 5.32 Å². The van der Waals surface area contributed by atoms with Gasteiger partial charge in [0.15, 0.2) is 5.82 Å². The Labute approximate surface area is 115 Å². The number of hydrogen-bond acceptors (Lipinski definition) is 5. The number of aromatic nitrogens is 3. The third-order valence-corrected chi connectivity index (χ3v) is 3.76. The van der Waals surface area contributed by atoms with E-state index in [9.17, 15) is 0 Å². The highest BCUT2D eigenvalue weighted by molar-refractivity contribution is 7.16. The number of rotatable bonds is 3. The minimum atomic E-state index is 0.733. The van der Waals surface area contributed by atoms with E-state index in [2.05, 4.69) is 33.3 Å². The predicted octanol–water partition coefficient (Wildman–Crippen LogP) is 3.49. The zero-order valence-corrected chi connectivity index (χ0v) is 11.7. The summed E-state index contributed by atoms with van der Waals surface area (Å²) in [6.07, 6.45) is 3.60. The Hall–Kier alpha value is -2.01. The highest BCUT2D eigenvalue weighted by Gasteiger charge is 2.11. The molecule has 1 N–H and O–H groups in total. The Kier molecular flexibility index (Phi) is 3.13. The number of nitrogens with one attached hydrogen (secondary N) is 1. The van der Waals surface area contributed by atoms with E-state index in [0.717, 1.165) is 39.5 Å². The molecule has 0 radical (unpaired) electrons. The van der Waals surface area contributed by atoms with Crippen molar-refractivity contribution in [2.75, 3.05) is 11.9 Å². The van der Waals surface area contributed by atoms with Crippen molar-refractivity contribution in [3.8, 4) is 11.4 Å². The van der Waals surface area contributed by atoms with Crippen LogP contribution in [0.2, 0.25) is 0 Å². The molecule has 4 nitrogen and oxygen atoms in total. The number of fused-ring (bicyclic) bond motifs is 1. The Morgan fingerprint density at radius 3 is 2.95 bits per heavy atom. The maximum absolute atomic E-state index is 4.64. The van der Waals surface area contributed by atoms with E-state index in [1.54, 1.807) is 17.5 Å². The average molecular weight is 270 g/mol. The molecule has 0 amide bonds. The smallest absolute Gasteiger partial charge is 0.164 e. The summed E-state index contributed by atoms with van der Waals surface area (Å²) in [5.74, 6) is 1.63. The van der Waals surface area contributed by atoms with Crippen LogP contribution in [0.15, 0.2) is 29.9 Å². The second-order valence-electron chi connectivity index (χ2n) is 4.26. The molecule has 3 heterocycles. The van der Waals surface area contributed by atoms with Crippen molar-refractivity contribution in [3.05, 3.63) is 35.5 Å². The summed E-state index contributed by atoms with van der Waals surface area (Å²) < 4.78 is 0. The van der Waals surface area contributed by atoms with Gasteiger partial charge in [0.1, 0.15) is 10.6 Å². The summed E-state index contributed by atoms with van der Waals surface area (Å²) in [5, 5.41) is 6.42. The summed E-state index contributed by atoms with van der Waals surface area (Å²) >= 11 is 1.63. The molecule has 3 rings (SSSR count). The first-order chi connectivity index (χ1) is 9.29. The van der Waals surface area contributed by atoms with Gasteiger partial charge in [0.25, 0.3) is 0 Å². The van der Waals surface area contributed by atoms with Crippen LogP contribution in [0.25, 0.3) is 21.6 Å². The van der Waals surface area contributed by atoms with Crippen molar-refractivity contribution >= 4 is 27.4 Å². The molecule has 0 bridgehead atoms. The van der Waals surface area contributed by atoms with Crippen LogP contribution in [0.1, 0.15) is 12.5 Å². The number of aryl methyl sites for hydroxylation is 1. The van der Waals surface area contributed by atoms with Gasteiger partial charge in [-0.05, 0) is 36.9 Å². The molecule has 0 aliphatic rings. The van der Waals surface area contributed by atoms with Crippen molar-refractivity contribution in [3.63, 3.8) is 0 Å². The lowest BCUT2D eigenvalue weighted by molar-refractivity contribution is 1.14. The van der Waals surface area contributed by atoms with Crippen LogP contribution in [-0.4, -0.2) is 21.5 Å². The standard InChI is InChI=1S/C14H14N4S/c1-3-16-12-10-5-7-19-14(10)18-13(17-12)11-8-15-6-4-9(11)2/h4-8H,3H2,1-2H3,(H,16,17,18). The van der Waals surface area contributed by atoms with Crippen LogP contribution >= 0.6 is 11.3 Å². The molecule has 0 aliphatic heterocycles. The Bertz CT molecular complexity index is 720. The molecular formula is C14H14N4S. The van der Waals surface area contributed by atoms with Gasteiger partial charge in [-0.25, -0.2) is 9.97 Å². The number of hydrogen-bond donors (Lipinski definition) is 1. The fraction of sp³-hybridized carbons (Fsp3) is 0.214. The van der Waals surface area contributed by atoms with E-state index in [1.165, 1.54) is 0 Å². The van der Waals surface area contributed by atoms with E-state index in [0.29, 0.717) is 0 Å². The van der Waals surface area contributed by atoms with E-state index >= 15 is 0 Å². The van der Waals surface area contributed by atoms with Crippen LogP contribution in [0.5, 0.6) is 0 Å². The van der Waals surface area contributed by atoms with E-state index in [4.69, 9.17) is 0 Å². The topological polar surface area (TPSA) is 50.7 Å². The van der Waals surface area contributed by atoms with Crippen molar-refractivity contribution in [2.45, 2.75) is 13.8 Å². The summed E-state index contributed by atoms with van der Waals surface area (Å²) in [4.78, 5) is 14.4. The summed E-state index contributed by atoms with van der Waals surface area (Å²) in [5.41, 5.74) is 2.12. The molecule has 0 atom stereocenters. The largest absolute Gasteiger partial charge is 0.370 e. The number of pyridine rings is 1. The normalized spacial score (nSPS) is 10.8. The SMILES string of the molecule is CCNc1nc(-c2cnccc2C)nc2sccc12. The van der Waals surface area contributed by atoms with E-state index in [1.807, 2.05) is 24.6 Å². The van der Waals surface area contributed by atoms with Gasteiger partial charge in [-0.1, -0.05) is 0 Å². The fourth-order valence-corrected chi connectivity index (χ4v) is 2.74. The summed E-state index contributed by atoms with van der Waals surface area (Å²) in [6.45, 7) is 4.95. The highest BCUT2D eigenvalue weighted by Crippen LogP contribution is 2.29. The number of nitrogens with zero attached hydrogens (tertiary/aromatic N) is 3. The Morgan fingerprint density at radius 2 is 2.16 bits per heavy atom. The zero-order chi connectivity index (χ0) is 13.2. The second-order valence-corrected chi connectivity index (χ2v) is 5.15. The van der Waals surface area contributed by atoms with E-state index in [-0.39, 0.29) is 0 Å². The van der Waals surface area contributed by atoms with Gasteiger partial charge >= 0.3 is 0 Å². The molecule has 3 aromatic rings. The predicted molar refractivity (Wildman–Crippen MR) is 79.5 cm³/mol. The molecule has 3 aromatic heterocycles. The van der Waals surface area contributed by atoms with Crippen molar-refractivity contribution in [2.24, 2.45) is 0 Å². The third kappa shape index (κ3) is 2.17. The van der Waals surface area contributed by atoms with Gasteiger partial charge in [0.05, 0.1) is 5.39 Å². The highest BCUT2D eigenvalue weighted by atomic mass is 32.1. The monoisotopic (exact) mass is 270 g/mol. The number of thiophene rings is 1. The van der Waals surface area contributed by atoms with Crippen molar-refractivity contribution in [1.82, 2.24) is 15.0 Å². The molecule has 96 valence electrons. The van der Waals surface area contributed by atoms with Gasteiger partial charge in [0.2, 0.25) is 0 Å². The quantitative estimate of drug-likeness (QED) is 0.791.